The van der Waals surface area contributed by atoms with Crippen LogP contribution >= 0.6 is 15.9 Å². The molecule has 1 N–H and O–H groups in total. The van der Waals surface area contributed by atoms with Gasteiger partial charge in [-0.1, -0.05) is 15.9 Å². The minimum atomic E-state index is -0.225. The molecule has 1 aromatic carbocycles. The average molecular weight is 339 g/mol. The Morgan fingerprint density at radius 2 is 2.10 bits per heavy atom. The Kier molecular flexibility index (Phi) is 4.27. The van der Waals surface area contributed by atoms with Crippen LogP contribution < -0.4 is 10.2 Å². The Morgan fingerprint density at radius 1 is 1.30 bits per heavy atom. The first-order chi connectivity index (χ1) is 9.72. The molecule has 0 bridgehead atoms. The van der Waals surface area contributed by atoms with Crippen molar-refractivity contribution < 1.29 is 9.53 Å². The Morgan fingerprint density at radius 3 is 2.80 bits per heavy atom. The molecule has 0 saturated carbocycles. The van der Waals surface area contributed by atoms with E-state index in [2.05, 4.69) is 38.3 Å². The summed E-state index contributed by atoms with van der Waals surface area (Å²) in [6, 6.07) is 8.54. The van der Waals surface area contributed by atoms with Crippen molar-refractivity contribution in [3.8, 4) is 0 Å². The fourth-order valence-corrected chi connectivity index (χ4v) is 3.11. The third kappa shape index (κ3) is 3.15. The highest BCUT2D eigenvalue weighted by atomic mass is 79.9. The van der Waals surface area contributed by atoms with Crippen LogP contribution in [0.1, 0.15) is 19.3 Å². The molecule has 20 heavy (non-hydrogen) atoms. The van der Waals surface area contributed by atoms with Gasteiger partial charge in [-0.05, 0) is 43.5 Å². The van der Waals surface area contributed by atoms with E-state index in [4.69, 9.17) is 4.74 Å². The summed E-state index contributed by atoms with van der Waals surface area (Å²) in [4.78, 5) is 14.3. The highest BCUT2D eigenvalue weighted by Crippen LogP contribution is 2.23. The zero-order valence-electron chi connectivity index (χ0n) is 11.3. The second-order valence-electron chi connectivity index (χ2n) is 5.42. The van der Waals surface area contributed by atoms with Crippen LogP contribution in [0.5, 0.6) is 0 Å². The van der Waals surface area contributed by atoms with Crippen LogP contribution in [-0.4, -0.2) is 37.7 Å². The molecule has 0 radical (unpaired) electrons. The maximum atomic E-state index is 12.0. The molecule has 2 aliphatic heterocycles. The summed E-state index contributed by atoms with van der Waals surface area (Å²) in [5.41, 5.74) is 1.21. The van der Waals surface area contributed by atoms with E-state index >= 15 is 0 Å². The van der Waals surface area contributed by atoms with Gasteiger partial charge < -0.3 is 15.0 Å². The fourth-order valence-electron chi connectivity index (χ4n) is 2.84. The number of nitrogens with one attached hydrogen (secondary N) is 1. The van der Waals surface area contributed by atoms with Gasteiger partial charge in [-0.3, -0.25) is 4.79 Å². The molecule has 2 saturated heterocycles. The molecule has 0 aliphatic carbocycles. The SMILES string of the molecule is O=C(N[C@H]1CCN(c2ccc(Br)cc2)C1)[C@@H]1CCCO1. The van der Waals surface area contributed by atoms with Crippen LogP contribution in [0, 0.1) is 0 Å². The Bertz CT molecular complexity index is 471. The van der Waals surface area contributed by atoms with Gasteiger partial charge in [-0.2, -0.15) is 0 Å². The van der Waals surface area contributed by atoms with Crippen molar-refractivity contribution in [2.45, 2.75) is 31.4 Å². The molecular formula is C15H19BrN2O2. The lowest BCUT2D eigenvalue weighted by Gasteiger charge is -2.20. The maximum absolute atomic E-state index is 12.0. The van der Waals surface area contributed by atoms with Gasteiger partial charge in [0.15, 0.2) is 0 Å². The monoisotopic (exact) mass is 338 g/mol. The van der Waals surface area contributed by atoms with Crippen molar-refractivity contribution in [2.75, 3.05) is 24.6 Å². The van der Waals surface area contributed by atoms with Crippen LogP contribution in [0.15, 0.2) is 28.7 Å². The lowest BCUT2D eigenvalue weighted by atomic mass is 10.2. The van der Waals surface area contributed by atoms with Gasteiger partial charge in [0.05, 0.1) is 0 Å². The van der Waals surface area contributed by atoms with Crippen LogP contribution in [-0.2, 0) is 9.53 Å². The summed E-state index contributed by atoms with van der Waals surface area (Å²) in [6.07, 6.45) is 2.62. The first-order valence-electron chi connectivity index (χ1n) is 7.15. The third-order valence-corrected chi connectivity index (χ3v) is 4.48. The van der Waals surface area contributed by atoms with Gasteiger partial charge in [0.1, 0.15) is 6.10 Å². The molecule has 108 valence electrons. The molecule has 2 atom stereocenters. The number of hydrogen-bond donors (Lipinski definition) is 1. The Balaban J connectivity index is 1.54. The van der Waals surface area contributed by atoms with E-state index in [1.54, 1.807) is 0 Å². The van der Waals surface area contributed by atoms with Gasteiger partial charge in [0.2, 0.25) is 5.91 Å². The molecule has 1 amide bonds. The fraction of sp³-hybridized carbons (Fsp3) is 0.533. The Hall–Kier alpha value is -1.07. The third-order valence-electron chi connectivity index (χ3n) is 3.95. The van der Waals surface area contributed by atoms with Crippen molar-refractivity contribution in [1.29, 1.82) is 0 Å². The second-order valence-corrected chi connectivity index (χ2v) is 6.33. The topological polar surface area (TPSA) is 41.6 Å². The number of halogens is 1. The molecule has 0 aromatic heterocycles. The second kappa shape index (κ2) is 6.14. The van der Waals surface area contributed by atoms with Crippen LogP contribution in [0.3, 0.4) is 0 Å². The van der Waals surface area contributed by atoms with Gasteiger partial charge in [-0.25, -0.2) is 0 Å². The van der Waals surface area contributed by atoms with Crippen molar-refractivity contribution in [2.24, 2.45) is 0 Å². The summed E-state index contributed by atoms with van der Waals surface area (Å²) in [6.45, 7) is 2.58. The van der Waals surface area contributed by atoms with Crippen LogP contribution in [0.2, 0.25) is 0 Å². The molecule has 0 unspecified atom stereocenters. The van der Waals surface area contributed by atoms with Gasteiger partial charge in [0, 0.05) is 35.9 Å². The molecule has 5 heteroatoms. The number of carbonyl (C=O) groups excluding carboxylic acids is 1. The lowest BCUT2D eigenvalue weighted by Crippen LogP contribution is -2.42. The molecule has 4 nitrogen and oxygen atoms in total. The molecule has 2 heterocycles. The smallest absolute Gasteiger partial charge is 0.249 e. The molecule has 2 fully saturated rings. The molecule has 1 aromatic rings. The molecule has 0 spiro atoms. The van der Waals surface area contributed by atoms with Gasteiger partial charge >= 0.3 is 0 Å². The van der Waals surface area contributed by atoms with E-state index in [0.29, 0.717) is 6.61 Å². The quantitative estimate of drug-likeness (QED) is 0.919. The Labute approximate surface area is 127 Å². The van der Waals surface area contributed by atoms with Gasteiger partial charge in [-0.15, -0.1) is 0 Å². The van der Waals surface area contributed by atoms with E-state index < -0.39 is 0 Å². The summed E-state index contributed by atoms with van der Waals surface area (Å²) in [5.74, 6) is 0.0603. The zero-order valence-corrected chi connectivity index (χ0v) is 12.9. The number of amides is 1. The van der Waals surface area contributed by atoms with Gasteiger partial charge in [0.25, 0.3) is 0 Å². The van der Waals surface area contributed by atoms with Crippen molar-refractivity contribution in [1.82, 2.24) is 5.32 Å². The zero-order chi connectivity index (χ0) is 13.9. The number of anilines is 1. The normalized spacial score (nSPS) is 25.9. The maximum Gasteiger partial charge on any atom is 0.249 e. The number of benzene rings is 1. The van der Waals surface area contributed by atoms with Crippen LogP contribution in [0.25, 0.3) is 0 Å². The lowest BCUT2D eigenvalue weighted by molar-refractivity contribution is -0.130. The van der Waals surface area contributed by atoms with Crippen molar-refractivity contribution >= 4 is 27.5 Å². The highest BCUT2D eigenvalue weighted by molar-refractivity contribution is 9.10. The van der Waals surface area contributed by atoms with E-state index in [1.807, 2.05) is 12.1 Å². The summed E-state index contributed by atoms with van der Waals surface area (Å²) in [7, 11) is 0. The largest absolute Gasteiger partial charge is 0.369 e. The first kappa shape index (κ1) is 13.9. The van der Waals surface area contributed by atoms with Crippen LogP contribution in [0.4, 0.5) is 5.69 Å². The number of hydrogen-bond acceptors (Lipinski definition) is 3. The van der Waals surface area contributed by atoms with E-state index in [1.165, 1.54) is 5.69 Å². The number of nitrogens with zero attached hydrogens (tertiary/aromatic N) is 1. The molecule has 3 rings (SSSR count). The van der Waals surface area contributed by atoms with Crippen molar-refractivity contribution in [3.63, 3.8) is 0 Å². The summed E-state index contributed by atoms with van der Waals surface area (Å²) < 4.78 is 6.51. The van der Waals surface area contributed by atoms with E-state index in [9.17, 15) is 4.79 Å². The average Bonchev–Trinajstić information content (AvgIpc) is 3.10. The first-order valence-corrected chi connectivity index (χ1v) is 7.94. The predicted molar refractivity (Wildman–Crippen MR) is 81.9 cm³/mol. The molecule has 2 aliphatic rings. The molecular weight excluding hydrogens is 320 g/mol. The van der Waals surface area contributed by atoms with E-state index in [0.717, 1.165) is 36.8 Å². The number of ether oxygens (including phenoxy) is 1. The van der Waals surface area contributed by atoms with E-state index in [-0.39, 0.29) is 18.1 Å². The summed E-state index contributed by atoms with van der Waals surface area (Å²) in [5, 5.41) is 3.12. The highest BCUT2D eigenvalue weighted by Gasteiger charge is 2.29. The minimum absolute atomic E-state index is 0.0603. The number of carbonyl (C=O) groups is 1. The summed E-state index contributed by atoms with van der Waals surface area (Å²) >= 11 is 3.45. The predicted octanol–water partition coefficient (Wildman–Crippen LogP) is 2.32. The standard InChI is InChI=1S/C15H19BrN2O2/c16-11-3-5-13(6-4-11)18-8-7-12(10-18)17-15(19)14-2-1-9-20-14/h3-6,12,14H,1-2,7-10H2,(H,17,19)/t12-,14-/m0/s1. The van der Waals surface area contributed by atoms with Crippen molar-refractivity contribution in [3.05, 3.63) is 28.7 Å². The minimum Gasteiger partial charge on any atom is -0.369 e. The number of rotatable bonds is 3.